The van der Waals surface area contributed by atoms with Crippen LogP contribution in [0.15, 0.2) is 59.5 Å². The van der Waals surface area contributed by atoms with Gasteiger partial charge < -0.3 is 9.12 Å². The lowest BCUT2D eigenvalue weighted by molar-refractivity contribution is 0.103. The average Bonchev–Trinajstić information content (AvgIpc) is 2.78. The summed E-state index contributed by atoms with van der Waals surface area (Å²) in [6.07, 6.45) is 1.70. The summed E-state index contributed by atoms with van der Waals surface area (Å²) >= 11 is -1.36. The quantitative estimate of drug-likeness (QED) is 0.308. The number of halogens is 1. The summed E-state index contributed by atoms with van der Waals surface area (Å²) in [5.41, 5.74) is 3.54. The molecule has 5 N–H and O–H groups in total. The smallest absolute Gasteiger partial charge is 0.271 e. The summed E-state index contributed by atoms with van der Waals surface area (Å²) in [5.74, 6) is -0.661. The Hall–Kier alpha value is -2.87. The van der Waals surface area contributed by atoms with Crippen LogP contribution < -0.4 is 20.6 Å². The summed E-state index contributed by atoms with van der Waals surface area (Å²) in [4.78, 5) is 25.9. The third-order valence-electron chi connectivity index (χ3n) is 5.38. The summed E-state index contributed by atoms with van der Waals surface area (Å²) < 4.78 is 48.5. The number of nitrogens with two attached hydrogens (primary N) is 2. The van der Waals surface area contributed by atoms with E-state index in [1.807, 2.05) is 46.8 Å². The van der Waals surface area contributed by atoms with Crippen LogP contribution in [-0.4, -0.2) is 28.1 Å². The molecule has 1 heterocycles. The highest BCUT2D eigenvalue weighted by atomic mass is 32.2. The van der Waals surface area contributed by atoms with E-state index in [1.165, 1.54) is 34.9 Å². The predicted molar refractivity (Wildman–Crippen MR) is 148 cm³/mol. The van der Waals surface area contributed by atoms with Gasteiger partial charge >= 0.3 is 0 Å². The lowest BCUT2D eigenvalue weighted by Crippen LogP contribution is -2.41. The number of ketones is 1. The monoisotopic (exact) mass is 564 g/mol. The van der Waals surface area contributed by atoms with E-state index in [0.717, 1.165) is 5.56 Å². The Balaban J connectivity index is 0.000000926. The molecule has 3 aromatic rings. The molecule has 206 valence electrons. The SMILES string of the molecule is Cc1ccc(C(=O)c2ccc(F)cc2)c(-c2cn(C)c(=O)cc2C(C)N[S@@+]([O-])C(C)(C)C)c1.NS(N)(=O)=O. The summed E-state index contributed by atoms with van der Waals surface area (Å²) in [6, 6.07) is 12.0. The highest BCUT2D eigenvalue weighted by Crippen LogP contribution is 2.33. The molecule has 0 aliphatic heterocycles. The molecule has 0 saturated heterocycles. The third-order valence-corrected chi connectivity index (χ3v) is 7.06. The van der Waals surface area contributed by atoms with Gasteiger partial charge in [-0.25, -0.2) is 14.7 Å². The van der Waals surface area contributed by atoms with Crippen molar-refractivity contribution in [2.75, 3.05) is 0 Å². The van der Waals surface area contributed by atoms with Gasteiger partial charge in [-0.15, -0.1) is 4.72 Å². The van der Waals surface area contributed by atoms with Gasteiger partial charge in [0.25, 0.3) is 15.8 Å². The van der Waals surface area contributed by atoms with Crippen molar-refractivity contribution in [3.8, 4) is 11.1 Å². The zero-order valence-corrected chi connectivity index (χ0v) is 23.7. The van der Waals surface area contributed by atoms with E-state index < -0.39 is 38.2 Å². The highest BCUT2D eigenvalue weighted by Gasteiger charge is 2.30. The molecule has 0 aliphatic rings. The zero-order chi connectivity index (χ0) is 29.0. The van der Waals surface area contributed by atoms with Crippen molar-refractivity contribution >= 4 is 27.4 Å². The number of carbonyl (C=O) groups excluding carboxylic acids is 1. The first-order valence-electron chi connectivity index (χ1n) is 11.5. The Kier molecular flexibility index (Phi) is 10.2. The van der Waals surface area contributed by atoms with Crippen molar-refractivity contribution < 1.29 is 22.2 Å². The maximum Gasteiger partial charge on any atom is 0.271 e. The van der Waals surface area contributed by atoms with Gasteiger partial charge in [0.05, 0.1) is 6.04 Å². The van der Waals surface area contributed by atoms with Gasteiger partial charge in [0, 0.05) is 47.4 Å². The largest absolute Gasteiger partial charge is 0.598 e. The van der Waals surface area contributed by atoms with Crippen LogP contribution in [0.1, 0.15) is 60.8 Å². The van der Waals surface area contributed by atoms with Gasteiger partial charge in [0.15, 0.2) is 5.78 Å². The molecule has 1 unspecified atom stereocenters. The first kappa shape index (κ1) is 31.3. The van der Waals surface area contributed by atoms with E-state index in [4.69, 9.17) is 0 Å². The molecule has 3 rings (SSSR count). The fraction of sp³-hybridized carbons (Fsp3) is 0.308. The van der Waals surface area contributed by atoms with E-state index in [2.05, 4.69) is 15.0 Å². The second kappa shape index (κ2) is 12.3. The molecular weight excluding hydrogens is 531 g/mol. The minimum absolute atomic E-state index is 0.206. The number of hydrogen-bond donors (Lipinski definition) is 3. The normalized spacial score (nSPS) is 13.3. The Morgan fingerprint density at radius 2 is 1.63 bits per heavy atom. The number of aromatic nitrogens is 1. The van der Waals surface area contributed by atoms with Gasteiger partial charge in [0.2, 0.25) is 0 Å². The predicted octanol–water partition coefficient (Wildman–Crippen LogP) is 2.99. The summed E-state index contributed by atoms with van der Waals surface area (Å²) in [5, 5.41) is 8.21. The number of nitrogens with one attached hydrogen (secondary N) is 1. The Morgan fingerprint density at radius 1 is 1.08 bits per heavy atom. The van der Waals surface area contributed by atoms with Crippen LogP contribution in [0.2, 0.25) is 0 Å². The topological polar surface area (TPSA) is 160 Å². The molecular formula is C26H33FN4O5S2. The Bertz CT molecular complexity index is 1460. The van der Waals surface area contributed by atoms with E-state index in [0.29, 0.717) is 27.8 Å². The van der Waals surface area contributed by atoms with Crippen molar-refractivity contribution in [2.45, 2.75) is 45.4 Å². The van der Waals surface area contributed by atoms with Crippen molar-refractivity contribution in [3.05, 3.63) is 93.2 Å². The van der Waals surface area contributed by atoms with Gasteiger partial charge in [-0.2, -0.15) is 8.42 Å². The Morgan fingerprint density at radius 3 is 2.16 bits per heavy atom. The van der Waals surface area contributed by atoms with Crippen molar-refractivity contribution in [2.24, 2.45) is 17.3 Å². The van der Waals surface area contributed by atoms with Crippen LogP contribution >= 0.6 is 0 Å². The van der Waals surface area contributed by atoms with Gasteiger partial charge in [-0.1, -0.05) is 23.8 Å². The van der Waals surface area contributed by atoms with E-state index in [-0.39, 0.29) is 11.3 Å². The molecule has 1 aromatic heterocycles. The van der Waals surface area contributed by atoms with Crippen molar-refractivity contribution in [1.82, 2.24) is 9.29 Å². The van der Waals surface area contributed by atoms with E-state index in [9.17, 15) is 27.0 Å². The van der Waals surface area contributed by atoms with Crippen LogP contribution in [0.25, 0.3) is 11.1 Å². The van der Waals surface area contributed by atoms with Crippen molar-refractivity contribution in [1.29, 1.82) is 0 Å². The second-order valence-electron chi connectivity index (χ2n) is 9.79. The number of aryl methyl sites for hydroxylation is 2. The Labute approximate surface area is 225 Å². The van der Waals surface area contributed by atoms with Crippen LogP contribution in [0.3, 0.4) is 0 Å². The third kappa shape index (κ3) is 8.86. The number of pyridine rings is 1. The van der Waals surface area contributed by atoms with Crippen LogP contribution in [0.4, 0.5) is 4.39 Å². The number of carbonyl (C=O) groups is 1. The molecule has 0 saturated carbocycles. The van der Waals surface area contributed by atoms with Gasteiger partial charge in [-0.05, 0) is 70.0 Å². The lowest BCUT2D eigenvalue weighted by atomic mass is 9.89. The van der Waals surface area contributed by atoms with Gasteiger partial charge in [-0.3, -0.25) is 9.59 Å². The average molecular weight is 565 g/mol. The van der Waals surface area contributed by atoms with E-state index in [1.54, 1.807) is 19.3 Å². The fourth-order valence-corrected chi connectivity index (χ4v) is 4.27. The molecule has 2 aromatic carbocycles. The van der Waals surface area contributed by atoms with E-state index >= 15 is 0 Å². The molecule has 0 spiro atoms. The number of benzene rings is 2. The second-order valence-corrected chi connectivity index (χ2v) is 13.0. The summed E-state index contributed by atoms with van der Waals surface area (Å²) in [6.45, 7) is 9.38. The first-order valence-corrected chi connectivity index (χ1v) is 14.2. The standard InChI is InChI=1S/C26H29FN2O3S.H4N2O2S/c1-16-7-12-20(25(31)18-8-10-19(27)11-9-18)22(13-16)23-15-29(6)24(30)14-21(23)17(2)28-33(32)26(3,4)5;1-5(2,3)4/h7-15,17,28H,1-6H3;(H4,1,2,3,4)/t17?,33-;/m0./s1. The molecule has 0 fully saturated rings. The number of hydrogen-bond acceptors (Lipinski definition) is 6. The molecule has 9 nitrogen and oxygen atoms in total. The van der Waals surface area contributed by atoms with Crippen LogP contribution in [0.5, 0.6) is 0 Å². The minimum Gasteiger partial charge on any atom is -0.598 e. The number of rotatable bonds is 6. The maximum atomic E-state index is 13.4. The molecule has 0 aliphatic carbocycles. The van der Waals surface area contributed by atoms with Crippen LogP contribution in [0, 0.1) is 12.7 Å². The first-order chi connectivity index (χ1) is 17.4. The zero-order valence-electron chi connectivity index (χ0n) is 22.1. The minimum atomic E-state index is -3.67. The summed E-state index contributed by atoms with van der Waals surface area (Å²) in [7, 11) is -2.02. The lowest BCUT2D eigenvalue weighted by Gasteiger charge is -2.27. The molecule has 0 amide bonds. The molecule has 0 radical (unpaired) electrons. The van der Waals surface area contributed by atoms with Crippen LogP contribution in [-0.2, 0) is 28.6 Å². The van der Waals surface area contributed by atoms with Gasteiger partial charge in [0.1, 0.15) is 10.6 Å². The van der Waals surface area contributed by atoms with Crippen molar-refractivity contribution in [3.63, 3.8) is 0 Å². The molecule has 0 bridgehead atoms. The molecule has 2 atom stereocenters. The molecule has 38 heavy (non-hydrogen) atoms. The maximum absolute atomic E-state index is 13.4. The molecule has 12 heteroatoms. The number of nitrogens with zero attached hydrogens (tertiary/aromatic N) is 1. The fourth-order valence-electron chi connectivity index (χ4n) is 3.46. The highest BCUT2D eigenvalue weighted by molar-refractivity contribution is 7.90.